The quantitative estimate of drug-likeness (QED) is 0.487. The van der Waals surface area contributed by atoms with E-state index in [1.165, 1.54) is 19.3 Å². The Hall–Kier alpha value is 0. The van der Waals surface area contributed by atoms with Crippen LogP contribution < -0.4 is 0 Å². The minimum atomic E-state index is 0. The summed E-state index contributed by atoms with van der Waals surface area (Å²) in [4.78, 5) is 0. The molecule has 7 unspecified atom stereocenters. The topological polar surface area (TPSA) is 0 Å². The lowest BCUT2D eigenvalue weighted by Crippen LogP contribution is -2.42. The van der Waals surface area contributed by atoms with Gasteiger partial charge in [-0.1, -0.05) is 41.0 Å². The van der Waals surface area contributed by atoms with E-state index in [0.717, 1.165) is 35.0 Å². The number of rotatable bonds is 0. The van der Waals surface area contributed by atoms with Gasteiger partial charge in [0.05, 0.1) is 0 Å². The highest BCUT2D eigenvalue weighted by molar-refractivity contribution is 5.10. The van der Waals surface area contributed by atoms with Gasteiger partial charge in [-0.15, -0.1) is 0 Å². The van der Waals surface area contributed by atoms with E-state index >= 15 is 0 Å². The van der Waals surface area contributed by atoms with E-state index in [9.17, 15) is 0 Å². The van der Waals surface area contributed by atoms with Crippen molar-refractivity contribution < 1.29 is 0 Å². The van der Waals surface area contributed by atoms with Gasteiger partial charge in [-0.25, -0.2) is 0 Å². The fourth-order valence-electron chi connectivity index (χ4n) is 7.33. The molecule has 0 aliphatic heterocycles. The molecule has 7 atom stereocenters. The summed E-state index contributed by atoms with van der Waals surface area (Å²) in [6.07, 6.45) is 14.0. The molecular weight excluding hydrogens is 240 g/mol. The van der Waals surface area contributed by atoms with Gasteiger partial charge in [0.25, 0.3) is 0 Å². The van der Waals surface area contributed by atoms with Crippen LogP contribution in [0, 0.1) is 40.4 Å². The Balaban J connectivity index is 0.00000121. The summed E-state index contributed by atoms with van der Waals surface area (Å²) in [5.74, 6) is 5.38. The van der Waals surface area contributed by atoms with E-state index in [-0.39, 0.29) is 7.43 Å². The fraction of sp³-hybridized carbons (Fsp3) is 1.00. The molecule has 20 heavy (non-hydrogen) atoms. The Morgan fingerprint density at radius 1 is 0.800 bits per heavy atom. The molecule has 0 aromatic carbocycles. The summed E-state index contributed by atoms with van der Waals surface area (Å²) in [7, 11) is 0. The third-order valence-electron chi connectivity index (χ3n) is 8.77. The van der Waals surface area contributed by atoms with Gasteiger partial charge in [-0.05, 0) is 85.4 Å². The summed E-state index contributed by atoms with van der Waals surface area (Å²) in [6.45, 7) is 7.88. The molecule has 0 aromatic heterocycles. The molecule has 0 saturated heterocycles. The van der Waals surface area contributed by atoms with E-state index in [1.807, 2.05) is 0 Å². The standard InChI is InChI=1S/C19H32.CH4/c1-13-7-8-16-15-12-14-6-4-5-10-19(14,3)17(15)9-11-18(13,16)2;/h13-17H,4-12H2,1-3H3;1H4. The first kappa shape index (κ1) is 14.9. The molecular formula is C20H36. The zero-order chi connectivity index (χ0) is 13.3. The Morgan fingerprint density at radius 2 is 1.55 bits per heavy atom. The molecule has 0 nitrogen and oxygen atoms in total. The lowest BCUT2D eigenvalue weighted by atomic mass is 9.55. The Kier molecular flexibility index (Phi) is 3.54. The summed E-state index contributed by atoms with van der Waals surface area (Å²) in [5, 5.41) is 0. The van der Waals surface area contributed by atoms with Crippen LogP contribution in [0.3, 0.4) is 0 Å². The van der Waals surface area contributed by atoms with Gasteiger partial charge in [0.2, 0.25) is 0 Å². The van der Waals surface area contributed by atoms with E-state index in [1.54, 1.807) is 38.5 Å². The summed E-state index contributed by atoms with van der Waals surface area (Å²) >= 11 is 0. The van der Waals surface area contributed by atoms with Crippen molar-refractivity contribution in [3.05, 3.63) is 0 Å². The van der Waals surface area contributed by atoms with Gasteiger partial charge in [0.15, 0.2) is 0 Å². The van der Waals surface area contributed by atoms with Gasteiger partial charge in [-0.3, -0.25) is 0 Å². The summed E-state index contributed by atoms with van der Waals surface area (Å²) < 4.78 is 0. The predicted molar refractivity (Wildman–Crippen MR) is 87.6 cm³/mol. The van der Waals surface area contributed by atoms with E-state index in [2.05, 4.69) is 20.8 Å². The molecule has 0 N–H and O–H groups in total. The maximum Gasteiger partial charge on any atom is -0.0266 e. The molecule has 0 radical (unpaired) electrons. The summed E-state index contributed by atoms with van der Waals surface area (Å²) in [5.41, 5.74) is 1.46. The highest BCUT2D eigenvalue weighted by Crippen LogP contribution is 2.69. The number of hydrogen-bond acceptors (Lipinski definition) is 0. The van der Waals surface area contributed by atoms with Crippen LogP contribution in [0.4, 0.5) is 0 Å². The summed E-state index contributed by atoms with van der Waals surface area (Å²) in [6, 6.07) is 0. The third kappa shape index (κ3) is 1.72. The zero-order valence-corrected chi connectivity index (χ0v) is 13.3. The van der Waals surface area contributed by atoms with E-state index in [4.69, 9.17) is 0 Å². The van der Waals surface area contributed by atoms with Gasteiger partial charge in [0.1, 0.15) is 0 Å². The lowest BCUT2D eigenvalue weighted by Gasteiger charge is -2.50. The van der Waals surface area contributed by atoms with Crippen molar-refractivity contribution in [2.45, 2.75) is 86.0 Å². The second-order valence-electron chi connectivity index (χ2n) is 9.08. The molecule has 4 aliphatic rings. The van der Waals surface area contributed by atoms with Gasteiger partial charge >= 0.3 is 0 Å². The van der Waals surface area contributed by atoms with Gasteiger partial charge in [0, 0.05) is 0 Å². The van der Waals surface area contributed by atoms with Crippen molar-refractivity contribution in [3.8, 4) is 0 Å². The minimum Gasteiger partial charge on any atom is -0.0776 e. The van der Waals surface area contributed by atoms with Crippen LogP contribution in [-0.4, -0.2) is 0 Å². The molecule has 0 heteroatoms. The van der Waals surface area contributed by atoms with Crippen LogP contribution in [0.25, 0.3) is 0 Å². The van der Waals surface area contributed by atoms with Crippen molar-refractivity contribution in [3.63, 3.8) is 0 Å². The zero-order valence-electron chi connectivity index (χ0n) is 13.3. The third-order valence-corrected chi connectivity index (χ3v) is 8.77. The fourth-order valence-corrected chi connectivity index (χ4v) is 7.33. The molecule has 0 aromatic rings. The van der Waals surface area contributed by atoms with Crippen molar-refractivity contribution in [2.75, 3.05) is 0 Å². The first-order valence-electron chi connectivity index (χ1n) is 9.06. The molecule has 0 amide bonds. The lowest BCUT2D eigenvalue weighted by molar-refractivity contribution is -0.0100. The minimum absolute atomic E-state index is 0. The van der Waals surface area contributed by atoms with E-state index in [0.29, 0.717) is 5.41 Å². The monoisotopic (exact) mass is 276 g/mol. The first-order valence-corrected chi connectivity index (χ1v) is 9.06. The van der Waals surface area contributed by atoms with Crippen LogP contribution >= 0.6 is 0 Å². The molecule has 4 fully saturated rings. The van der Waals surface area contributed by atoms with Crippen LogP contribution in [0.1, 0.15) is 86.0 Å². The van der Waals surface area contributed by atoms with Crippen molar-refractivity contribution >= 4 is 0 Å². The second kappa shape index (κ2) is 4.75. The molecule has 4 saturated carbocycles. The maximum atomic E-state index is 2.68. The predicted octanol–water partition coefficient (Wildman–Crippen LogP) is 6.30. The van der Waals surface area contributed by atoms with Crippen LogP contribution in [-0.2, 0) is 0 Å². The molecule has 4 rings (SSSR count). The van der Waals surface area contributed by atoms with Crippen molar-refractivity contribution in [1.29, 1.82) is 0 Å². The normalized spacial score (nSPS) is 57.5. The molecule has 0 heterocycles. The number of fused-ring (bicyclic) bond motifs is 5. The largest absolute Gasteiger partial charge is 0.0776 e. The van der Waals surface area contributed by atoms with Crippen LogP contribution in [0.5, 0.6) is 0 Å². The SMILES string of the molecule is C.CC1CCC2C3CC4CCCCC4(C)C3CCC12C. The number of hydrogen-bond donors (Lipinski definition) is 0. The van der Waals surface area contributed by atoms with Gasteiger partial charge in [-0.2, -0.15) is 0 Å². The Morgan fingerprint density at radius 3 is 2.35 bits per heavy atom. The highest BCUT2D eigenvalue weighted by Gasteiger charge is 2.61. The van der Waals surface area contributed by atoms with Crippen molar-refractivity contribution in [2.24, 2.45) is 40.4 Å². The molecule has 4 aliphatic carbocycles. The van der Waals surface area contributed by atoms with Crippen LogP contribution in [0.15, 0.2) is 0 Å². The smallest absolute Gasteiger partial charge is 0.0266 e. The molecule has 116 valence electrons. The molecule has 0 spiro atoms. The second-order valence-corrected chi connectivity index (χ2v) is 9.08. The average Bonchev–Trinajstić information content (AvgIpc) is 2.85. The Labute approximate surface area is 127 Å². The van der Waals surface area contributed by atoms with Crippen molar-refractivity contribution in [1.82, 2.24) is 0 Å². The van der Waals surface area contributed by atoms with E-state index < -0.39 is 0 Å². The maximum absolute atomic E-state index is 2.68. The first-order chi connectivity index (χ1) is 9.06. The van der Waals surface area contributed by atoms with Crippen LogP contribution in [0.2, 0.25) is 0 Å². The van der Waals surface area contributed by atoms with Gasteiger partial charge < -0.3 is 0 Å². The average molecular weight is 277 g/mol. The molecule has 0 bridgehead atoms. The highest BCUT2D eigenvalue weighted by atomic mass is 14.7. The Bertz CT molecular complexity index is 372.